The summed E-state index contributed by atoms with van der Waals surface area (Å²) >= 11 is 0. The third-order valence-electron chi connectivity index (χ3n) is 6.14. The minimum Gasteiger partial charge on any atom is -0.394 e. The van der Waals surface area contributed by atoms with Gasteiger partial charge in [0.15, 0.2) is 0 Å². The van der Waals surface area contributed by atoms with E-state index in [-0.39, 0.29) is 35.9 Å². The number of hydrogen-bond donors (Lipinski definition) is 4. The number of likely N-dealkylation sites (N-methyl/N-ethyl adjacent to an activating group) is 1. The van der Waals surface area contributed by atoms with Crippen molar-refractivity contribution >= 4 is 33.3 Å². The second-order valence-electron chi connectivity index (χ2n) is 8.01. The molecule has 0 radical (unpaired) electrons. The highest BCUT2D eigenvalue weighted by molar-refractivity contribution is 5.99. The van der Waals surface area contributed by atoms with Crippen molar-refractivity contribution in [2.45, 2.75) is 32.4 Å². The lowest BCUT2D eigenvalue weighted by atomic mass is 9.79. The molecule has 1 aromatic carbocycles. The molecular formula is C23H38N4O3Si. The third-order valence-corrected chi connectivity index (χ3v) is 6.14. The standard InChI is InChI=1S/C20H25N3O.C3H9NO2.H4Si/c1-4-23(5-2)20(24)14-9-16-15-7-6-8-17-19(15)13(11-21-17)10-18(16)22(3)12-14;4-1-3(6)2-5;/h6-9,11,14,18,21H,4-5,10,12H2,1-3H3;3,5-6H,1-2,4H2;1H4/t14-,18-;;/m1../s1. The Labute approximate surface area is 188 Å². The van der Waals surface area contributed by atoms with Gasteiger partial charge in [0, 0.05) is 49.3 Å². The molecule has 2 heterocycles. The van der Waals surface area contributed by atoms with Crippen LogP contribution in [0.5, 0.6) is 0 Å². The van der Waals surface area contributed by atoms with Gasteiger partial charge in [0.1, 0.15) is 0 Å². The van der Waals surface area contributed by atoms with Gasteiger partial charge in [-0.05, 0) is 61.0 Å². The molecule has 1 aromatic heterocycles. The average molecular weight is 447 g/mol. The van der Waals surface area contributed by atoms with E-state index >= 15 is 0 Å². The van der Waals surface area contributed by atoms with E-state index in [1.54, 1.807) is 0 Å². The molecule has 3 atom stereocenters. The Bertz CT molecular complexity index is 905. The molecule has 2 aromatic rings. The Kier molecular flexibility index (Phi) is 9.02. The Morgan fingerprint density at radius 3 is 2.65 bits per heavy atom. The van der Waals surface area contributed by atoms with Crippen LogP contribution in [0.3, 0.4) is 0 Å². The number of rotatable bonds is 5. The van der Waals surface area contributed by atoms with Crippen LogP contribution in [0.15, 0.2) is 30.5 Å². The van der Waals surface area contributed by atoms with Gasteiger partial charge in [-0.3, -0.25) is 9.69 Å². The van der Waals surface area contributed by atoms with Crippen molar-refractivity contribution < 1.29 is 15.0 Å². The predicted molar refractivity (Wildman–Crippen MR) is 131 cm³/mol. The molecule has 0 fully saturated rings. The van der Waals surface area contributed by atoms with Gasteiger partial charge >= 0.3 is 0 Å². The summed E-state index contributed by atoms with van der Waals surface area (Å²) in [7, 11) is 2.15. The Morgan fingerprint density at radius 2 is 2.06 bits per heavy atom. The van der Waals surface area contributed by atoms with Crippen LogP contribution in [-0.4, -0.2) is 93.8 Å². The molecule has 8 heteroatoms. The minimum absolute atomic E-state index is 0. The maximum atomic E-state index is 12.9. The van der Waals surface area contributed by atoms with Crippen molar-refractivity contribution in [1.29, 1.82) is 0 Å². The predicted octanol–water partition coefficient (Wildman–Crippen LogP) is -0.247. The van der Waals surface area contributed by atoms with Crippen LogP contribution in [0.4, 0.5) is 0 Å². The Morgan fingerprint density at radius 1 is 1.35 bits per heavy atom. The molecule has 0 spiro atoms. The van der Waals surface area contributed by atoms with Crippen molar-refractivity contribution in [3.05, 3.63) is 41.6 Å². The number of aliphatic hydroxyl groups excluding tert-OH is 2. The zero-order chi connectivity index (χ0) is 21.8. The summed E-state index contributed by atoms with van der Waals surface area (Å²) in [5.74, 6) is 0.210. The zero-order valence-electron chi connectivity index (χ0n) is 18.1. The van der Waals surface area contributed by atoms with Crippen LogP contribution in [0.2, 0.25) is 0 Å². The summed E-state index contributed by atoms with van der Waals surface area (Å²) in [5.41, 5.74) is 10.1. The fourth-order valence-electron chi connectivity index (χ4n) is 4.45. The number of nitrogens with two attached hydrogens (primary N) is 1. The molecule has 7 nitrogen and oxygen atoms in total. The average Bonchev–Trinajstić information content (AvgIpc) is 3.19. The fourth-order valence-corrected chi connectivity index (χ4v) is 4.45. The van der Waals surface area contributed by atoms with Gasteiger partial charge in [-0.1, -0.05) is 18.2 Å². The summed E-state index contributed by atoms with van der Waals surface area (Å²) in [6, 6.07) is 6.82. The summed E-state index contributed by atoms with van der Waals surface area (Å²) in [6.45, 7) is 6.36. The van der Waals surface area contributed by atoms with E-state index in [2.05, 4.69) is 61.3 Å². The van der Waals surface area contributed by atoms with E-state index in [4.69, 9.17) is 15.9 Å². The third kappa shape index (κ3) is 5.10. The van der Waals surface area contributed by atoms with Crippen molar-refractivity contribution in [1.82, 2.24) is 14.8 Å². The molecule has 4 rings (SSSR count). The van der Waals surface area contributed by atoms with Gasteiger partial charge in [-0.25, -0.2) is 0 Å². The smallest absolute Gasteiger partial charge is 0.230 e. The molecule has 1 aliphatic carbocycles. The second-order valence-corrected chi connectivity index (χ2v) is 8.01. The first-order valence-electron chi connectivity index (χ1n) is 10.7. The van der Waals surface area contributed by atoms with Gasteiger partial charge in [0.2, 0.25) is 5.91 Å². The highest BCUT2D eigenvalue weighted by Gasteiger charge is 2.36. The second kappa shape index (κ2) is 11.1. The zero-order valence-corrected chi connectivity index (χ0v) is 18.1. The fraction of sp³-hybridized carbons (Fsp3) is 0.522. The lowest BCUT2D eigenvalue weighted by molar-refractivity contribution is -0.134. The maximum absolute atomic E-state index is 12.9. The van der Waals surface area contributed by atoms with Gasteiger partial charge in [-0.15, -0.1) is 0 Å². The number of nitrogens with one attached hydrogen (secondary N) is 1. The number of fused-ring (bicyclic) bond motifs is 2. The number of nitrogens with zero attached hydrogens (tertiary/aromatic N) is 2. The summed E-state index contributed by atoms with van der Waals surface area (Å²) in [5, 5.41) is 17.6. The Balaban J connectivity index is 0.000000433. The molecule has 5 N–H and O–H groups in total. The molecule has 0 saturated carbocycles. The van der Waals surface area contributed by atoms with Crippen LogP contribution >= 0.6 is 0 Å². The van der Waals surface area contributed by atoms with Gasteiger partial charge in [-0.2, -0.15) is 0 Å². The monoisotopic (exact) mass is 446 g/mol. The molecule has 1 amide bonds. The highest BCUT2D eigenvalue weighted by Crippen LogP contribution is 2.40. The number of carbonyl (C=O) groups is 1. The number of H-pyrrole nitrogens is 1. The largest absolute Gasteiger partial charge is 0.394 e. The summed E-state index contributed by atoms with van der Waals surface area (Å²) in [6.07, 6.45) is 4.68. The lowest BCUT2D eigenvalue weighted by Gasteiger charge is -2.40. The number of benzene rings is 1. The van der Waals surface area contributed by atoms with Crippen molar-refractivity contribution in [2.24, 2.45) is 11.7 Å². The van der Waals surface area contributed by atoms with Gasteiger partial charge < -0.3 is 25.8 Å². The maximum Gasteiger partial charge on any atom is 0.230 e. The molecule has 0 saturated heterocycles. The van der Waals surface area contributed by atoms with Crippen LogP contribution in [0.25, 0.3) is 16.5 Å². The number of carbonyl (C=O) groups excluding carboxylic acids is 1. The van der Waals surface area contributed by atoms with Crippen LogP contribution in [0.1, 0.15) is 25.0 Å². The quantitative estimate of drug-likeness (QED) is 0.474. The van der Waals surface area contributed by atoms with Crippen molar-refractivity contribution in [2.75, 3.05) is 39.8 Å². The molecule has 1 unspecified atom stereocenters. The number of aromatic nitrogens is 1. The number of hydrogen-bond acceptors (Lipinski definition) is 5. The normalized spacial score (nSPS) is 20.6. The van der Waals surface area contributed by atoms with Crippen molar-refractivity contribution in [3.63, 3.8) is 0 Å². The van der Waals surface area contributed by atoms with E-state index in [0.717, 1.165) is 26.1 Å². The minimum atomic E-state index is -0.731. The topological polar surface area (TPSA) is 106 Å². The molecule has 1 aliphatic heterocycles. The summed E-state index contributed by atoms with van der Waals surface area (Å²) < 4.78 is 0. The van der Waals surface area contributed by atoms with Crippen LogP contribution in [0, 0.1) is 5.92 Å². The lowest BCUT2D eigenvalue weighted by Crippen LogP contribution is -2.47. The Hall–Kier alpha value is -1.97. The van der Waals surface area contributed by atoms with Crippen molar-refractivity contribution in [3.8, 4) is 0 Å². The number of amides is 1. The first-order chi connectivity index (χ1) is 14.4. The number of aliphatic hydroxyl groups is 2. The molecule has 0 bridgehead atoms. The van der Waals surface area contributed by atoms with Crippen LogP contribution in [-0.2, 0) is 11.2 Å². The molecular weight excluding hydrogens is 408 g/mol. The first-order valence-corrected chi connectivity index (χ1v) is 10.7. The molecule has 172 valence electrons. The molecule has 31 heavy (non-hydrogen) atoms. The van der Waals surface area contributed by atoms with E-state index in [1.807, 2.05) is 4.90 Å². The van der Waals surface area contributed by atoms with E-state index < -0.39 is 6.10 Å². The van der Waals surface area contributed by atoms with Gasteiger partial charge in [0.05, 0.1) is 18.6 Å². The number of aromatic amines is 1. The van der Waals surface area contributed by atoms with E-state index in [0.29, 0.717) is 6.04 Å². The van der Waals surface area contributed by atoms with Gasteiger partial charge in [0.25, 0.3) is 0 Å². The SMILES string of the molecule is CCN(CC)C(=O)[C@@H]1C=C2c3cccc4[nH]cc(c34)C[C@H]2N(C)C1.NCC(O)CO.[SiH4]. The molecule has 2 aliphatic rings. The first kappa shape index (κ1) is 25.3. The summed E-state index contributed by atoms with van der Waals surface area (Å²) in [4.78, 5) is 20.6. The van der Waals surface area contributed by atoms with Crippen LogP contribution < -0.4 is 5.73 Å². The highest BCUT2D eigenvalue weighted by atomic mass is 28.1. The van der Waals surface area contributed by atoms with E-state index in [1.165, 1.54) is 27.6 Å². The van der Waals surface area contributed by atoms with E-state index in [9.17, 15) is 4.79 Å².